The van der Waals surface area contributed by atoms with Crippen molar-refractivity contribution in [1.82, 2.24) is 9.97 Å². The normalized spacial score (nSPS) is 11.3. The van der Waals surface area contributed by atoms with Crippen LogP contribution in [0, 0.1) is 11.3 Å². The van der Waals surface area contributed by atoms with Crippen LogP contribution in [0.15, 0.2) is 41.9 Å². The average Bonchev–Trinajstić information content (AvgIpc) is 2.45. The van der Waals surface area contributed by atoms with Gasteiger partial charge in [-0.1, -0.05) is 0 Å². The molecule has 5 nitrogen and oxygen atoms in total. The molecule has 0 bridgehead atoms. The van der Waals surface area contributed by atoms with E-state index in [0.29, 0.717) is 5.56 Å². The smallest absolute Gasteiger partial charge is 0.406 e. The van der Waals surface area contributed by atoms with E-state index in [0.717, 1.165) is 12.1 Å². The number of halogens is 3. The Bertz CT molecular complexity index is 693. The maximum Gasteiger partial charge on any atom is 0.573 e. The molecule has 0 unspecified atom stereocenters. The van der Waals surface area contributed by atoms with E-state index in [1.807, 2.05) is 0 Å². The Kier molecular flexibility index (Phi) is 4.13. The molecular weight excluding hydrogens is 285 g/mol. The SMILES string of the molecule is N#Cc1cc(OC(F)(F)F)ccc1N=Cc1cncnc1. The van der Waals surface area contributed by atoms with Crippen LogP contribution in [-0.2, 0) is 0 Å². The van der Waals surface area contributed by atoms with E-state index in [1.165, 1.54) is 31.0 Å². The van der Waals surface area contributed by atoms with Gasteiger partial charge in [-0.05, 0) is 12.1 Å². The quantitative estimate of drug-likeness (QED) is 0.815. The monoisotopic (exact) mass is 292 g/mol. The first kappa shape index (κ1) is 14.5. The van der Waals surface area contributed by atoms with E-state index in [1.54, 1.807) is 6.07 Å². The lowest BCUT2D eigenvalue weighted by Gasteiger charge is -2.09. The van der Waals surface area contributed by atoms with Crippen LogP contribution in [0.4, 0.5) is 18.9 Å². The summed E-state index contributed by atoms with van der Waals surface area (Å²) in [5.41, 5.74) is 0.776. The fourth-order valence-corrected chi connectivity index (χ4v) is 1.44. The minimum atomic E-state index is -4.81. The molecule has 0 fully saturated rings. The number of hydrogen-bond donors (Lipinski definition) is 0. The van der Waals surface area contributed by atoms with Gasteiger partial charge in [-0.3, -0.25) is 4.99 Å². The molecule has 106 valence electrons. The summed E-state index contributed by atoms with van der Waals surface area (Å²) in [6.07, 6.45) is 0.952. The van der Waals surface area contributed by atoms with Crippen molar-refractivity contribution >= 4 is 11.9 Å². The van der Waals surface area contributed by atoms with Gasteiger partial charge in [-0.15, -0.1) is 13.2 Å². The number of ether oxygens (including phenoxy) is 1. The van der Waals surface area contributed by atoms with Gasteiger partial charge >= 0.3 is 6.36 Å². The number of nitriles is 1. The number of nitrogens with zero attached hydrogens (tertiary/aromatic N) is 4. The fraction of sp³-hybridized carbons (Fsp3) is 0.0769. The molecule has 0 atom stereocenters. The standard InChI is InChI=1S/C13H7F3N4O/c14-13(15,16)21-11-1-2-12(10(3-11)4-17)20-7-9-5-18-8-19-6-9/h1-3,5-8H. The van der Waals surface area contributed by atoms with E-state index >= 15 is 0 Å². The Morgan fingerprint density at radius 3 is 2.57 bits per heavy atom. The summed E-state index contributed by atoms with van der Waals surface area (Å²) in [4.78, 5) is 11.6. The van der Waals surface area contributed by atoms with Gasteiger partial charge in [0.1, 0.15) is 18.1 Å². The van der Waals surface area contributed by atoms with Gasteiger partial charge in [-0.25, -0.2) is 9.97 Å². The summed E-state index contributed by atoms with van der Waals surface area (Å²) in [5, 5.41) is 8.95. The van der Waals surface area contributed by atoms with Crippen molar-refractivity contribution in [3.05, 3.63) is 48.0 Å². The van der Waals surface area contributed by atoms with Crippen LogP contribution < -0.4 is 4.74 Å². The minimum absolute atomic E-state index is 0.0372. The van der Waals surface area contributed by atoms with Crippen molar-refractivity contribution < 1.29 is 17.9 Å². The highest BCUT2D eigenvalue weighted by Crippen LogP contribution is 2.28. The van der Waals surface area contributed by atoms with E-state index in [4.69, 9.17) is 5.26 Å². The largest absolute Gasteiger partial charge is 0.573 e. The van der Waals surface area contributed by atoms with Gasteiger partial charge in [0, 0.05) is 30.2 Å². The van der Waals surface area contributed by atoms with Crippen molar-refractivity contribution in [3.8, 4) is 11.8 Å². The maximum atomic E-state index is 12.1. The molecule has 0 aliphatic heterocycles. The first-order valence-electron chi connectivity index (χ1n) is 5.57. The van der Waals surface area contributed by atoms with Crippen molar-refractivity contribution in [2.45, 2.75) is 6.36 Å². The van der Waals surface area contributed by atoms with Gasteiger partial charge < -0.3 is 4.74 Å². The van der Waals surface area contributed by atoms with Crippen LogP contribution in [0.5, 0.6) is 5.75 Å². The van der Waals surface area contributed by atoms with Crippen molar-refractivity contribution in [3.63, 3.8) is 0 Å². The third-order valence-electron chi connectivity index (χ3n) is 2.26. The summed E-state index contributed by atoms with van der Waals surface area (Å²) in [6, 6.07) is 5.09. The Morgan fingerprint density at radius 2 is 1.95 bits per heavy atom. The molecule has 2 rings (SSSR count). The first-order valence-corrected chi connectivity index (χ1v) is 5.57. The molecule has 2 aromatic rings. The van der Waals surface area contributed by atoms with Crippen LogP contribution in [0.2, 0.25) is 0 Å². The number of aliphatic imine (C=N–C) groups is 1. The van der Waals surface area contributed by atoms with Crippen LogP contribution in [0.25, 0.3) is 0 Å². The van der Waals surface area contributed by atoms with Gasteiger partial charge in [-0.2, -0.15) is 5.26 Å². The molecule has 1 aromatic carbocycles. The third-order valence-corrected chi connectivity index (χ3v) is 2.26. The van der Waals surface area contributed by atoms with E-state index in [2.05, 4.69) is 19.7 Å². The number of alkyl halides is 3. The molecular formula is C13H7F3N4O. The topological polar surface area (TPSA) is 71.2 Å². The van der Waals surface area contributed by atoms with Gasteiger partial charge in [0.25, 0.3) is 0 Å². The van der Waals surface area contributed by atoms with Crippen molar-refractivity contribution in [2.24, 2.45) is 4.99 Å². The molecule has 8 heteroatoms. The van der Waals surface area contributed by atoms with Crippen LogP contribution in [0.1, 0.15) is 11.1 Å². The molecule has 0 radical (unpaired) electrons. The second-order valence-electron chi connectivity index (χ2n) is 3.77. The zero-order chi connectivity index (χ0) is 15.3. The number of hydrogen-bond acceptors (Lipinski definition) is 5. The number of aromatic nitrogens is 2. The van der Waals surface area contributed by atoms with Gasteiger partial charge in [0.15, 0.2) is 0 Å². The van der Waals surface area contributed by atoms with E-state index in [9.17, 15) is 13.2 Å². The second-order valence-corrected chi connectivity index (χ2v) is 3.77. The van der Waals surface area contributed by atoms with E-state index < -0.39 is 12.1 Å². The summed E-state index contributed by atoms with van der Waals surface area (Å²) >= 11 is 0. The van der Waals surface area contributed by atoms with Crippen molar-refractivity contribution in [2.75, 3.05) is 0 Å². The summed E-state index contributed by atoms with van der Waals surface area (Å²) in [6.45, 7) is 0. The predicted octanol–water partition coefficient (Wildman–Crippen LogP) is 3.00. The first-order chi connectivity index (χ1) is 9.98. The molecule has 0 spiro atoms. The summed E-state index contributed by atoms with van der Waals surface area (Å²) < 4.78 is 40.0. The lowest BCUT2D eigenvalue weighted by atomic mass is 10.2. The zero-order valence-electron chi connectivity index (χ0n) is 10.4. The lowest BCUT2D eigenvalue weighted by Crippen LogP contribution is -2.17. The van der Waals surface area contributed by atoms with Gasteiger partial charge in [0.2, 0.25) is 0 Å². The lowest BCUT2D eigenvalue weighted by molar-refractivity contribution is -0.274. The number of rotatable bonds is 3. The Hall–Kier alpha value is -2.95. The van der Waals surface area contributed by atoms with Crippen LogP contribution in [-0.4, -0.2) is 22.5 Å². The molecule has 1 aromatic heterocycles. The highest BCUT2D eigenvalue weighted by molar-refractivity contribution is 5.81. The summed E-state index contributed by atoms with van der Waals surface area (Å²) in [5.74, 6) is -0.471. The average molecular weight is 292 g/mol. The summed E-state index contributed by atoms with van der Waals surface area (Å²) in [7, 11) is 0. The predicted molar refractivity (Wildman–Crippen MR) is 67.1 cm³/mol. The minimum Gasteiger partial charge on any atom is -0.406 e. The van der Waals surface area contributed by atoms with Crippen LogP contribution >= 0.6 is 0 Å². The Balaban J connectivity index is 2.25. The second kappa shape index (κ2) is 6.00. The van der Waals surface area contributed by atoms with Crippen LogP contribution in [0.3, 0.4) is 0 Å². The fourth-order valence-electron chi connectivity index (χ4n) is 1.44. The molecule has 0 aliphatic carbocycles. The Morgan fingerprint density at radius 1 is 1.24 bits per heavy atom. The maximum absolute atomic E-state index is 12.1. The molecule has 0 N–H and O–H groups in total. The number of benzene rings is 1. The highest BCUT2D eigenvalue weighted by Gasteiger charge is 2.31. The Labute approximate surface area is 117 Å². The molecule has 1 heterocycles. The zero-order valence-corrected chi connectivity index (χ0v) is 10.4. The third kappa shape index (κ3) is 4.28. The highest BCUT2D eigenvalue weighted by atomic mass is 19.4. The van der Waals surface area contributed by atoms with Crippen molar-refractivity contribution in [1.29, 1.82) is 5.26 Å². The molecule has 21 heavy (non-hydrogen) atoms. The molecule has 0 amide bonds. The molecule has 0 aliphatic rings. The van der Waals surface area contributed by atoms with E-state index in [-0.39, 0.29) is 11.3 Å². The molecule has 0 saturated carbocycles. The molecule has 0 saturated heterocycles. The van der Waals surface area contributed by atoms with Gasteiger partial charge in [0.05, 0.1) is 11.3 Å².